The molecule has 150 valence electrons. The highest BCUT2D eigenvalue weighted by molar-refractivity contribution is 6.30. The Morgan fingerprint density at radius 1 is 1.07 bits per heavy atom. The van der Waals surface area contributed by atoms with Gasteiger partial charge >= 0.3 is 5.97 Å². The molecule has 0 saturated carbocycles. The van der Waals surface area contributed by atoms with Crippen LogP contribution in [0.5, 0.6) is 5.75 Å². The normalized spacial score (nSPS) is 12.0. The molecule has 0 saturated heterocycles. The topological polar surface area (TPSA) is 104 Å². The Morgan fingerprint density at radius 2 is 1.83 bits per heavy atom. The first kappa shape index (κ1) is 19.8. The van der Waals surface area contributed by atoms with E-state index < -0.39 is 11.2 Å². The molecule has 1 aromatic heterocycles. The first-order chi connectivity index (χ1) is 14.4. The Kier molecular flexibility index (Phi) is 5.35. The molecule has 1 atom stereocenters. The third-order valence-electron chi connectivity index (χ3n) is 4.46. The second-order valence-corrected chi connectivity index (χ2v) is 6.86. The van der Waals surface area contributed by atoms with Gasteiger partial charge in [-0.15, -0.1) is 0 Å². The van der Waals surface area contributed by atoms with E-state index in [-0.39, 0.29) is 28.0 Å². The highest BCUT2D eigenvalue weighted by Gasteiger charge is 2.14. The summed E-state index contributed by atoms with van der Waals surface area (Å²) in [4.78, 5) is 25.2. The van der Waals surface area contributed by atoms with Crippen LogP contribution in [-0.2, 0) is 0 Å². The molecule has 1 unspecified atom stereocenters. The molecular formula is C22H14ClNO6. The van der Waals surface area contributed by atoms with Crippen molar-refractivity contribution < 1.29 is 24.4 Å². The summed E-state index contributed by atoms with van der Waals surface area (Å²) in [5.74, 6) is -0.562. The summed E-state index contributed by atoms with van der Waals surface area (Å²) in [6.07, 6.45) is 1.34. The van der Waals surface area contributed by atoms with Crippen LogP contribution in [0.4, 0.5) is 5.69 Å². The lowest BCUT2D eigenvalue weighted by Gasteiger charge is -2.12. The van der Waals surface area contributed by atoms with Crippen molar-refractivity contribution in [2.24, 2.45) is 0 Å². The van der Waals surface area contributed by atoms with E-state index in [2.05, 4.69) is 0 Å². The van der Waals surface area contributed by atoms with Crippen molar-refractivity contribution >= 4 is 34.2 Å². The molecule has 4 aromatic rings. The monoisotopic (exact) mass is 423 g/mol. The number of rotatable bonds is 4. The maximum atomic E-state index is 12.8. The van der Waals surface area contributed by atoms with E-state index in [1.807, 2.05) is 0 Å². The predicted molar refractivity (Wildman–Crippen MR) is 110 cm³/mol. The molecule has 0 amide bonds. The number of carbonyl (C=O) groups is 1. The highest BCUT2D eigenvalue weighted by atomic mass is 35.5. The van der Waals surface area contributed by atoms with Gasteiger partial charge in [-0.25, -0.2) is 10.0 Å². The van der Waals surface area contributed by atoms with Gasteiger partial charge in [0.1, 0.15) is 17.6 Å². The summed E-state index contributed by atoms with van der Waals surface area (Å²) in [6.45, 7) is 0. The number of ether oxygens (including phenoxy) is 1. The lowest BCUT2D eigenvalue weighted by atomic mass is 10.1. The first-order valence-electron chi connectivity index (χ1n) is 8.79. The molecule has 0 aliphatic heterocycles. The van der Waals surface area contributed by atoms with E-state index in [0.29, 0.717) is 21.5 Å². The minimum absolute atomic E-state index is 0.0244. The summed E-state index contributed by atoms with van der Waals surface area (Å²) < 4.78 is 10.9. The molecule has 0 bridgehead atoms. The van der Waals surface area contributed by atoms with Crippen LogP contribution in [0.15, 0.2) is 82.2 Å². The zero-order valence-corrected chi connectivity index (χ0v) is 16.1. The molecule has 30 heavy (non-hydrogen) atoms. The number of quaternary nitrogens is 1. The Hall–Kier alpha value is -3.49. The zero-order valence-electron chi connectivity index (χ0n) is 15.3. The van der Waals surface area contributed by atoms with Crippen LogP contribution in [0.2, 0.25) is 5.02 Å². The molecule has 2 N–H and O–H groups in total. The van der Waals surface area contributed by atoms with E-state index in [1.54, 1.807) is 24.3 Å². The number of halogens is 1. The highest BCUT2D eigenvalue weighted by Crippen LogP contribution is 2.24. The summed E-state index contributed by atoms with van der Waals surface area (Å²) in [6, 6.07) is 16.7. The minimum Gasteiger partial charge on any atom is -0.595 e. The van der Waals surface area contributed by atoms with Crippen LogP contribution in [0.25, 0.3) is 22.1 Å². The SMILES string of the molecule is O=C(Oc1ccc2c(=O)c(-c3ccc(Cl)cc3)coc2c1)c1cccc([NH+]([O-])O)c1. The van der Waals surface area contributed by atoms with Crippen molar-refractivity contribution in [3.63, 3.8) is 0 Å². The van der Waals surface area contributed by atoms with Gasteiger partial charge in [-0.3, -0.25) is 4.79 Å². The standard InChI is InChI=1S/C22H14ClNO6/c23-15-6-4-13(5-7-15)19-12-29-20-11-17(8-9-18(20)21(19)25)30-22(26)14-2-1-3-16(10-14)24(27)28/h1-12,24,27H. The second-order valence-electron chi connectivity index (χ2n) is 6.42. The number of benzene rings is 3. The molecule has 0 fully saturated rings. The molecule has 8 heteroatoms. The first-order valence-corrected chi connectivity index (χ1v) is 9.17. The van der Waals surface area contributed by atoms with Crippen LogP contribution in [0.1, 0.15) is 10.4 Å². The van der Waals surface area contributed by atoms with Crippen molar-refractivity contribution in [2.75, 3.05) is 0 Å². The summed E-state index contributed by atoms with van der Waals surface area (Å²) >= 11 is 5.89. The van der Waals surface area contributed by atoms with Gasteiger partial charge in [0.15, 0.2) is 11.1 Å². The van der Waals surface area contributed by atoms with E-state index in [9.17, 15) is 14.8 Å². The van der Waals surface area contributed by atoms with Gasteiger partial charge in [0.2, 0.25) is 0 Å². The van der Waals surface area contributed by atoms with Crippen LogP contribution in [0.3, 0.4) is 0 Å². The van der Waals surface area contributed by atoms with Crippen LogP contribution >= 0.6 is 11.6 Å². The third kappa shape index (κ3) is 3.96. The number of fused-ring (bicyclic) bond motifs is 1. The van der Waals surface area contributed by atoms with Gasteiger partial charge in [-0.1, -0.05) is 29.8 Å². The second kappa shape index (κ2) is 8.10. The summed E-state index contributed by atoms with van der Waals surface area (Å²) in [7, 11) is 0. The Balaban J connectivity index is 1.63. The van der Waals surface area contributed by atoms with Crippen molar-refractivity contribution in [2.45, 2.75) is 0 Å². The van der Waals surface area contributed by atoms with E-state index in [0.717, 1.165) is 0 Å². The molecule has 4 rings (SSSR count). The van der Waals surface area contributed by atoms with E-state index >= 15 is 0 Å². The maximum absolute atomic E-state index is 12.8. The van der Waals surface area contributed by atoms with Crippen molar-refractivity contribution in [3.8, 4) is 16.9 Å². The van der Waals surface area contributed by atoms with Gasteiger partial charge < -0.3 is 14.4 Å². The predicted octanol–water partition coefficient (Wildman–Crippen LogP) is 3.74. The number of esters is 1. The quantitative estimate of drug-likeness (QED) is 0.294. The van der Waals surface area contributed by atoms with E-state index in [1.165, 1.54) is 48.7 Å². The smallest absolute Gasteiger partial charge is 0.343 e. The number of carbonyl (C=O) groups excluding carboxylic acids is 1. The van der Waals surface area contributed by atoms with Crippen molar-refractivity contribution in [3.05, 3.63) is 99.0 Å². The number of nitrogens with one attached hydrogen (secondary N) is 1. The number of hydrogen-bond acceptors (Lipinski definition) is 6. The molecule has 0 radical (unpaired) electrons. The van der Waals surface area contributed by atoms with Gasteiger partial charge in [0, 0.05) is 23.2 Å². The van der Waals surface area contributed by atoms with Gasteiger partial charge in [0.05, 0.1) is 16.5 Å². The van der Waals surface area contributed by atoms with Crippen LogP contribution in [-0.4, -0.2) is 11.2 Å². The molecule has 0 aliphatic rings. The lowest BCUT2D eigenvalue weighted by molar-refractivity contribution is -0.991. The Labute approximate surface area is 174 Å². The largest absolute Gasteiger partial charge is 0.595 e. The fraction of sp³-hybridized carbons (Fsp3) is 0. The molecule has 1 heterocycles. The fourth-order valence-corrected chi connectivity index (χ4v) is 3.07. The van der Waals surface area contributed by atoms with Gasteiger partial charge in [0.25, 0.3) is 0 Å². The van der Waals surface area contributed by atoms with Crippen molar-refractivity contribution in [1.29, 1.82) is 0 Å². The Morgan fingerprint density at radius 3 is 2.57 bits per heavy atom. The fourth-order valence-electron chi connectivity index (χ4n) is 2.95. The average molecular weight is 424 g/mol. The lowest BCUT2D eigenvalue weighted by Crippen LogP contribution is -2.99. The number of hydrogen-bond donors (Lipinski definition) is 2. The van der Waals surface area contributed by atoms with Crippen LogP contribution in [0, 0.1) is 5.21 Å². The minimum atomic E-state index is -1.14. The molecule has 7 nitrogen and oxygen atoms in total. The van der Waals surface area contributed by atoms with Gasteiger partial charge in [-0.05, 0) is 35.9 Å². The maximum Gasteiger partial charge on any atom is 0.343 e. The summed E-state index contributed by atoms with van der Waals surface area (Å²) in [5.41, 5.74) is 1.14. The van der Waals surface area contributed by atoms with Crippen LogP contribution < -0.4 is 15.4 Å². The average Bonchev–Trinajstić information content (AvgIpc) is 2.75. The molecular weight excluding hydrogens is 410 g/mol. The van der Waals surface area contributed by atoms with Crippen molar-refractivity contribution in [1.82, 2.24) is 0 Å². The third-order valence-corrected chi connectivity index (χ3v) is 4.71. The summed E-state index contributed by atoms with van der Waals surface area (Å²) in [5, 5.41) is 19.8. The zero-order chi connectivity index (χ0) is 21.3. The molecule has 0 spiro atoms. The van der Waals surface area contributed by atoms with Gasteiger partial charge in [-0.2, -0.15) is 5.23 Å². The Bertz CT molecular complexity index is 1300. The molecule has 0 aliphatic carbocycles. The van der Waals surface area contributed by atoms with E-state index in [4.69, 9.17) is 26.0 Å². The molecule has 3 aromatic carbocycles.